The molecule has 0 unspecified atom stereocenters. The van der Waals surface area contributed by atoms with Crippen molar-refractivity contribution in [3.8, 4) is 0 Å². The van der Waals surface area contributed by atoms with Crippen molar-refractivity contribution in [2.75, 3.05) is 11.4 Å². The standard InChI is InChI=1S/C14H22N2O/c1-3-4-9-16(13-6-7-13)14-8-5-12(10-17)11(2)15-14/h5,8,13,17H,3-4,6-7,9-10H2,1-2H3. The molecule has 1 aliphatic carbocycles. The average molecular weight is 234 g/mol. The number of unbranched alkanes of at least 4 members (excludes halogenated alkanes) is 1. The van der Waals surface area contributed by atoms with E-state index in [0.717, 1.165) is 23.6 Å². The first-order valence-corrected chi connectivity index (χ1v) is 6.60. The van der Waals surface area contributed by atoms with Gasteiger partial charge in [0.05, 0.1) is 6.61 Å². The quantitative estimate of drug-likeness (QED) is 0.822. The molecule has 0 bridgehead atoms. The normalized spacial score (nSPS) is 15.0. The van der Waals surface area contributed by atoms with Gasteiger partial charge in [-0.1, -0.05) is 19.4 Å². The molecule has 17 heavy (non-hydrogen) atoms. The monoisotopic (exact) mass is 234 g/mol. The number of hydrogen-bond acceptors (Lipinski definition) is 3. The number of aromatic nitrogens is 1. The Hall–Kier alpha value is -1.09. The first-order valence-electron chi connectivity index (χ1n) is 6.60. The lowest BCUT2D eigenvalue weighted by atomic mass is 10.2. The predicted octanol–water partition coefficient (Wildman–Crippen LogP) is 2.65. The molecule has 1 aliphatic rings. The molecular weight excluding hydrogens is 212 g/mol. The molecule has 0 saturated heterocycles. The lowest BCUT2D eigenvalue weighted by molar-refractivity contribution is 0.280. The summed E-state index contributed by atoms with van der Waals surface area (Å²) < 4.78 is 0. The molecular formula is C14H22N2O. The number of aliphatic hydroxyl groups excluding tert-OH is 1. The van der Waals surface area contributed by atoms with Gasteiger partial charge in [-0.2, -0.15) is 0 Å². The van der Waals surface area contributed by atoms with Gasteiger partial charge >= 0.3 is 0 Å². The predicted molar refractivity (Wildman–Crippen MR) is 70.2 cm³/mol. The third kappa shape index (κ3) is 2.97. The molecule has 1 aromatic rings. The molecule has 3 nitrogen and oxygen atoms in total. The summed E-state index contributed by atoms with van der Waals surface area (Å²) in [4.78, 5) is 7.05. The van der Waals surface area contributed by atoms with Crippen LogP contribution in [0.4, 0.5) is 5.82 Å². The molecule has 0 aliphatic heterocycles. The number of hydrogen-bond donors (Lipinski definition) is 1. The molecule has 1 heterocycles. The van der Waals surface area contributed by atoms with Crippen LogP contribution in [0.1, 0.15) is 43.9 Å². The van der Waals surface area contributed by atoms with Crippen molar-refractivity contribution < 1.29 is 5.11 Å². The molecule has 0 atom stereocenters. The lowest BCUT2D eigenvalue weighted by Crippen LogP contribution is -2.27. The zero-order valence-corrected chi connectivity index (χ0v) is 10.8. The first kappa shape index (κ1) is 12.4. The second-order valence-electron chi connectivity index (χ2n) is 4.85. The smallest absolute Gasteiger partial charge is 0.129 e. The van der Waals surface area contributed by atoms with Crippen LogP contribution in [0.3, 0.4) is 0 Å². The van der Waals surface area contributed by atoms with Gasteiger partial charge in [0.15, 0.2) is 0 Å². The minimum atomic E-state index is 0.0809. The van der Waals surface area contributed by atoms with Gasteiger partial charge < -0.3 is 10.0 Å². The summed E-state index contributed by atoms with van der Waals surface area (Å²) in [6, 6.07) is 4.75. The molecule has 0 amide bonds. The van der Waals surface area contributed by atoms with E-state index in [2.05, 4.69) is 16.8 Å². The molecule has 0 aromatic carbocycles. The summed E-state index contributed by atoms with van der Waals surface area (Å²) in [5.41, 5.74) is 1.88. The molecule has 1 aromatic heterocycles. The fourth-order valence-electron chi connectivity index (χ4n) is 2.10. The van der Waals surface area contributed by atoms with Crippen LogP contribution in [0.5, 0.6) is 0 Å². The van der Waals surface area contributed by atoms with E-state index >= 15 is 0 Å². The summed E-state index contributed by atoms with van der Waals surface area (Å²) in [5.74, 6) is 1.08. The van der Waals surface area contributed by atoms with Crippen molar-refractivity contribution in [2.45, 2.75) is 52.2 Å². The highest BCUT2D eigenvalue weighted by Crippen LogP contribution is 2.31. The van der Waals surface area contributed by atoms with Crippen molar-refractivity contribution in [3.63, 3.8) is 0 Å². The van der Waals surface area contributed by atoms with Crippen LogP contribution in [0.2, 0.25) is 0 Å². The van der Waals surface area contributed by atoms with Crippen molar-refractivity contribution in [2.24, 2.45) is 0 Å². The van der Waals surface area contributed by atoms with Crippen LogP contribution >= 0.6 is 0 Å². The van der Waals surface area contributed by atoms with E-state index in [1.54, 1.807) is 0 Å². The highest BCUT2D eigenvalue weighted by Gasteiger charge is 2.29. The fraction of sp³-hybridized carbons (Fsp3) is 0.643. The summed E-state index contributed by atoms with van der Waals surface area (Å²) in [5, 5.41) is 9.16. The molecule has 1 fully saturated rings. The van der Waals surface area contributed by atoms with Crippen LogP contribution in [-0.2, 0) is 6.61 Å². The second kappa shape index (κ2) is 5.50. The Morgan fingerprint density at radius 1 is 1.41 bits per heavy atom. The zero-order chi connectivity index (χ0) is 12.3. The Bertz CT molecular complexity index is 374. The minimum absolute atomic E-state index is 0.0809. The fourth-order valence-corrected chi connectivity index (χ4v) is 2.10. The SMILES string of the molecule is CCCCN(c1ccc(CO)c(C)n1)C1CC1. The van der Waals surface area contributed by atoms with Gasteiger partial charge in [-0.3, -0.25) is 0 Å². The Labute approximate surface area is 103 Å². The number of aliphatic hydroxyl groups is 1. The van der Waals surface area contributed by atoms with E-state index in [1.807, 2.05) is 19.1 Å². The maximum Gasteiger partial charge on any atom is 0.129 e. The van der Waals surface area contributed by atoms with Crippen molar-refractivity contribution in [1.29, 1.82) is 0 Å². The number of anilines is 1. The second-order valence-corrected chi connectivity index (χ2v) is 4.85. The molecule has 1 saturated carbocycles. The van der Waals surface area contributed by atoms with E-state index in [-0.39, 0.29) is 6.61 Å². The Kier molecular flexibility index (Phi) is 4.00. The van der Waals surface area contributed by atoms with Gasteiger partial charge in [-0.05, 0) is 37.8 Å². The number of nitrogens with zero attached hydrogens (tertiary/aromatic N) is 2. The summed E-state index contributed by atoms with van der Waals surface area (Å²) in [6.45, 7) is 5.38. The van der Waals surface area contributed by atoms with Gasteiger partial charge in [-0.15, -0.1) is 0 Å². The van der Waals surface area contributed by atoms with Gasteiger partial charge in [-0.25, -0.2) is 4.98 Å². The highest BCUT2D eigenvalue weighted by molar-refractivity contribution is 5.44. The van der Waals surface area contributed by atoms with Crippen LogP contribution in [0.15, 0.2) is 12.1 Å². The Morgan fingerprint density at radius 3 is 2.71 bits per heavy atom. The number of pyridine rings is 1. The van der Waals surface area contributed by atoms with Crippen LogP contribution < -0.4 is 4.90 Å². The summed E-state index contributed by atoms with van der Waals surface area (Å²) >= 11 is 0. The van der Waals surface area contributed by atoms with E-state index in [4.69, 9.17) is 5.11 Å². The molecule has 2 rings (SSSR count). The zero-order valence-electron chi connectivity index (χ0n) is 10.8. The van der Waals surface area contributed by atoms with E-state index in [9.17, 15) is 0 Å². The van der Waals surface area contributed by atoms with Crippen LogP contribution in [-0.4, -0.2) is 22.7 Å². The van der Waals surface area contributed by atoms with E-state index in [1.165, 1.54) is 25.7 Å². The topological polar surface area (TPSA) is 36.4 Å². The van der Waals surface area contributed by atoms with Crippen molar-refractivity contribution in [3.05, 3.63) is 23.4 Å². The number of rotatable bonds is 6. The third-order valence-corrected chi connectivity index (χ3v) is 3.39. The van der Waals surface area contributed by atoms with Gasteiger partial charge in [0.25, 0.3) is 0 Å². The number of aryl methyl sites for hydroxylation is 1. The van der Waals surface area contributed by atoms with Gasteiger partial charge in [0.2, 0.25) is 0 Å². The van der Waals surface area contributed by atoms with Gasteiger partial charge in [0.1, 0.15) is 5.82 Å². The van der Waals surface area contributed by atoms with Crippen LogP contribution in [0.25, 0.3) is 0 Å². The average Bonchev–Trinajstić information content (AvgIpc) is 3.14. The minimum Gasteiger partial charge on any atom is -0.392 e. The first-order chi connectivity index (χ1) is 8.26. The summed E-state index contributed by atoms with van der Waals surface area (Å²) in [7, 11) is 0. The molecule has 1 N–H and O–H groups in total. The summed E-state index contributed by atoms with van der Waals surface area (Å²) in [6.07, 6.45) is 5.04. The molecule has 0 spiro atoms. The lowest BCUT2D eigenvalue weighted by Gasteiger charge is -2.24. The Balaban J connectivity index is 2.14. The van der Waals surface area contributed by atoms with E-state index in [0.29, 0.717) is 6.04 Å². The largest absolute Gasteiger partial charge is 0.392 e. The van der Waals surface area contributed by atoms with Crippen LogP contribution in [0, 0.1) is 6.92 Å². The van der Waals surface area contributed by atoms with Crippen molar-refractivity contribution >= 4 is 5.82 Å². The maximum atomic E-state index is 9.16. The van der Waals surface area contributed by atoms with E-state index < -0.39 is 0 Å². The molecule has 94 valence electrons. The van der Waals surface area contributed by atoms with Crippen molar-refractivity contribution in [1.82, 2.24) is 4.98 Å². The Morgan fingerprint density at radius 2 is 2.18 bits per heavy atom. The molecule has 3 heteroatoms. The maximum absolute atomic E-state index is 9.16. The molecule has 0 radical (unpaired) electrons. The van der Waals surface area contributed by atoms with Gasteiger partial charge in [0, 0.05) is 18.3 Å². The highest BCUT2D eigenvalue weighted by atomic mass is 16.3. The third-order valence-electron chi connectivity index (χ3n) is 3.39.